The second kappa shape index (κ2) is 4.58. The number of hydrogen-bond donors (Lipinski definition) is 1. The van der Waals surface area contributed by atoms with E-state index in [1.807, 2.05) is 0 Å². The highest BCUT2D eigenvalue weighted by Crippen LogP contribution is 2.32. The molecule has 0 aliphatic heterocycles. The predicted octanol–water partition coefficient (Wildman–Crippen LogP) is 2.61. The van der Waals surface area contributed by atoms with Gasteiger partial charge in [-0.3, -0.25) is 0 Å². The zero-order valence-corrected chi connectivity index (χ0v) is 11.7. The Morgan fingerprint density at radius 2 is 2.11 bits per heavy atom. The van der Waals surface area contributed by atoms with Crippen LogP contribution in [0.2, 0.25) is 0 Å². The summed E-state index contributed by atoms with van der Waals surface area (Å²) in [5, 5.41) is 8.06. The lowest BCUT2D eigenvalue weighted by Gasteiger charge is -2.04. The Morgan fingerprint density at radius 3 is 2.84 bits per heavy atom. The summed E-state index contributed by atoms with van der Waals surface area (Å²) >= 11 is 1.68. The molecular formula is C12H13N5OS. The fourth-order valence-corrected chi connectivity index (χ4v) is 2.88. The Labute approximate surface area is 113 Å². The second-order valence-electron chi connectivity index (χ2n) is 4.27. The number of anilines is 1. The zero-order valence-electron chi connectivity index (χ0n) is 10.9. The molecule has 0 aromatic carbocycles. The molecule has 3 aromatic heterocycles. The van der Waals surface area contributed by atoms with E-state index in [-0.39, 0.29) is 0 Å². The van der Waals surface area contributed by atoms with E-state index in [0.29, 0.717) is 18.3 Å². The van der Waals surface area contributed by atoms with Crippen molar-refractivity contribution in [2.24, 2.45) is 0 Å². The molecule has 0 radical (unpaired) electrons. The maximum absolute atomic E-state index is 5.07. The zero-order chi connectivity index (χ0) is 13.4. The Kier molecular flexibility index (Phi) is 2.90. The van der Waals surface area contributed by atoms with Crippen molar-refractivity contribution in [3.05, 3.63) is 28.5 Å². The topological polar surface area (TPSA) is 76.7 Å². The summed E-state index contributed by atoms with van der Waals surface area (Å²) in [5.74, 6) is 1.99. The third-order valence-electron chi connectivity index (χ3n) is 2.94. The summed E-state index contributed by atoms with van der Waals surface area (Å²) in [6.45, 7) is 6.43. The van der Waals surface area contributed by atoms with Gasteiger partial charge in [-0.15, -0.1) is 11.3 Å². The maximum atomic E-state index is 5.07. The van der Waals surface area contributed by atoms with Crippen molar-refractivity contribution in [3.8, 4) is 0 Å². The average Bonchev–Trinajstić information content (AvgIpc) is 2.93. The number of nitrogens with one attached hydrogen (secondary N) is 1. The van der Waals surface area contributed by atoms with Crippen LogP contribution in [0.4, 0.5) is 5.82 Å². The minimum absolute atomic E-state index is 0.460. The third-order valence-corrected chi connectivity index (χ3v) is 4.06. The van der Waals surface area contributed by atoms with Crippen LogP contribution >= 0.6 is 11.3 Å². The fourth-order valence-electron chi connectivity index (χ4n) is 1.89. The number of fused-ring (bicyclic) bond motifs is 1. The van der Waals surface area contributed by atoms with Crippen molar-refractivity contribution in [3.63, 3.8) is 0 Å². The predicted molar refractivity (Wildman–Crippen MR) is 73.3 cm³/mol. The molecule has 3 heterocycles. The first kappa shape index (κ1) is 12.0. The lowest BCUT2D eigenvalue weighted by Crippen LogP contribution is -2.02. The third kappa shape index (κ3) is 2.17. The van der Waals surface area contributed by atoms with Crippen LogP contribution in [0.25, 0.3) is 10.2 Å². The molecule has 0 spiro atoms. The molecule has 0 aliphatic rings. The van der Waals surface area contributed by atoms with Gasteiger partial charge >= 0.3 is 0 Å². The monoisotopic (exact) mass is 275 g/mol. The van der Waals surface area contributed by atoms with Crippen molar-refractivity contribution in [1.82, 2.24) is 20.1 Å². The molecule has 19 heavy (non-hydrogen) atoms. The van der Waals surface area contributed by atoms with Crippen molar-refractivity contribution < 1.29 is 4.52 Å². The van der Waals surface area contributed by atoms with Gasteiger partial charge in [0.15, 0.2) is 5.82 Å². The Morgan fingerprint density at radius 1 is 1.26 bits per heavy atom. The van der Waals surface area contributed by atoms with Gasteiger partial charge in [-0.1, -0.05) is 5.16 Å². The summed E-state index contributed by atoms with van der Waals surface area (Å²) in [6, 6.07) is 0. The van der Waals surface area contributed by atoms with E-state index >= 15 is 0 Å². The SMILES string of the molecule is Cc1noc(CNc2ncnc3sc(C)c(C)c23)n1. The minimum Gasteiger partial charge on any atom is -0.360 e. The van der Waals surface area contributed by atoms with Gasteiger partial charge < -0.3 is 9.84 Å². The van der Waals surface area contributed by atoms with E-state index < -0.39 is 0 Å². The van der Waals surface area contributed by atoms with E-state index in [2.05, 4.69) is 39.3 Å². The van der Waals surface area contributed by atoms with Gasteiger partial charge in [0.2, 0.25) is 5.89 Å². The van der Waals surface area contributed by atoms with Crippen LogP contribution < -0.4 is 5.32 Å². The molecule has 7 heteroatoms. The van der Waals surface area contributed by atoms with E-state index in [0.717, 1.165) is 16.0 Å². The number of nitrogens with zero attached hydrogens (tertiary/aromatic N) is 4. The number of aromatic nitrogens is 4. The van der Waals surface area contributed by atoms with Crippen LogP contribution in [0.15, 0.2) is 10.9 Å². The molecule has 0 saturated heterocycles. The van der Waals surface area contributed by atoms with Gasteiger partial charge in [0.25, 0.3) is 0 Å². The van der Waals surface area contributed by atoms with Gasteiger partial charge in [-0.05, 0) is 26.3 Å². The van der Waals surface area contributed by atoms with Crippen LogP contribution in [0.3, 0.4) is 0 Å². The smallest absolute Gasteiger partial charge is 0.245 e. The van der Waals surface area contributed by atoms with Crippen molar-refractivity contribution in [2.45, 2.75) is 27.3 Å². The molecule has 0 atom stereocenters. The first-order valence-electron chi connectivity index (χ1n) is 5.89. The van der Waals surface area contributed by atoms with Gasteiger partial charge in [0.1, 0.15) is 17.0 Å². The molecule has 0 saturated carbocycles. The second-order valence-corrected chi connectivity index (χ2v) is 5.48. The quantitative estimate of drug-likeness (QED) is 0.791. The number of hydrogen-bond acceptors (Lipinski definition) is 7. The maximum Gasteiger partial charge on any atom is 0.245 e. The molecule has 0 aliphatic carbocycles. The summed E-state index contributed by atoms with van der Waals surface area (Å²) in [6.07, 6.45) is 1.57. The van der Waals surface area contributed by atoms with E-state index in [1.54, 1.807) is 24.6 Å². The highest BCUT2D eigenvalue weighted by atomic mass is 32.1. The Hall–Kier alpha value is -2.02. The molecule has 0 bridgehead atoms. The van der Waals surface area contributed by atoms with Gasteiger partial charge in [-0.25, -0.2) is 9.97 Å². The first-order chi connectivity index (χ1) is 9.15. The van der Waals surface area contributed by atoms with E-state index in [9.17, 15) is 0 Å². The van der Waals surface area contributed by atoms with Crippen molar-refractivity contribution in [2.75, 3.05) is 5.32 Å². The van der Waals surface area contributed by atoms with Gasteiger partial charge in [-0.2, -0.15) is 4.98 Å². The first-order valence-corrected chi connectivity index (χ1v) is 6.70. The molecule has 3 aromatic rings. The number of aryl methyl sites for hydroxylation is 3. The van der Waals surface area contributed by atoms with Crippen LogP contribution in [0.5, 0.6) is 0 Å². The van der Waals surface area contributed by atoms with Gasteiger partial charge in [0, 0.05) is 4.88 Å². The summed E-state index contributed by atoms with van der Waals surface area (Å²) < 4.78 is 5.07. The fraction of sp³-hybridized carbons (Fsp3) is 0.333. The van der Waals surface area contributed by atoms with Gasteiger partial charge in [0.05, 0.1) is 11.9 Å². The lowest BCUT2D eigenvalue weighted by atomic mass is 10.2. The molecule has 6 nitrogen and oxygen atoms in total. The Balaban J connectivity index is 1.92. The molecule has 3 rings (SSSR count). The molecule has 0 unspecified atom stereocenters. The average molecular weight is 275 g/mol. The molecule has 0 amide bonds. The minimum atomic E-state index is 0.460. The lowest BCUT2D eigenvalue weighted by molar-refractivity contribution is 0.379. The normalized spacial score (nSPS) is 11.1. The molecular weight excluding hydrogens is 262 g/mol. The van der Waals surface area contributed by atoms with Crippen molar-refractivity contribution in [1.29, 1.82) is 0 Å². The summed E-state index contributed by atoms with van der Waals surface area (Å²) in [4.78, 5) is 15.0. The van der Waals surface area contributed by atoms with Crippen LogP contribution in [-0.4, -0.2) is 20.1 Å². The highest BCUT2D eigenvalue weighted by Gasteiger charge is 2.12. The summed E-state index contributed by atoms with van der Waals surface area (Å²) in [5.41, 5.74) is 1.21. The van der Waals surface area contributed by atoms with E-state index in [1.165, 1.54) is 10.4 Å². The molecule has 0 fully saturated rings. The number of thiophene rings is 1. The Bertz CT molecular complexity index is 733. The largest absolute Gasteiger partial charge is 0.360 e. The van der Waals surface area contributed by atoms with E-state index in [4.69, 9.17) is 4.52 Å². The number of rotatable bonds is 3. The summed E-state index contributed by atoms with van der Waals surface area (Å²) in [7, 11) is 0. The van der Waals surface area contributed by atoms with Crippen molar-refractivity contribution >= 4 is 27.4 Å². The van der Waals surface area contributed by atoms with Crippen LogP contribution in [0, 0.1) is 20.8 Å². The highest BCUT2D eigenvalue weighted by molar-refractivity contribution is 7.18. The molecule has 1 N–H and O–H groups in total. The molecule has 98 valence electrons. The van der Waals surface area contributed by atoms with Crippen LogP contribution in [0.1, 0.15) is 22.2 Å². The van der Waals surface area contributed by atoms with Crippen LogP contribution in [-0.2, 0) is 6.54 Å². The standard InChI is InChI=1S/C12H13N5OS/c1-6-7(2)19-12-10(6)11(14-5-15-12)13-4-9-16-8(3)17-18-9/h5H,4H2,1-3H3,(H,13,14,15).